The zero-order valence-corrected chi connectivity index (χ0v) is 10.2. The molecule has 18 heavy (non-hydrogen) atoms. The average Bonchev–Trinajstić information content (AvgIpc) is 2.41. The summed E-state index contributed by atoms with van der Waals surface area (Å²) in [6.07, 6.45) is -0.584. The molecule has 6 heteroatoms. The van der Waals surface area contributed by atoms with E-state index < -0.39 is 6.29 Å². The van der Waals surface area contributed by atoms with Crippen molar-refractivity contribution in [3.8, 4) is 0 Å². The number of methoxy groups -OCH3 is 2. The highest BCUT2D eigenvalue weighted by atomic mass is 16.7. The molecule has 0 unspecified atom stereocenters. The number of aromatic nitrogens is 2. The molecule has 0 bridgehead atoms. The quantitative estimate of drug-likeness (QED) is 0.792. The fourth-order valence-corrected chi connectivity index (χ4v) is 1.77. The predicted molar refractivity (Wildman–Crippen MR) is 66.6 cm³/mol. The number of ether oxygens (including phenoxy) is 2. The van der Waals surface area contributed by atoms with E-state index >= 15 is 0 Å². The summed E-state index contributed by atoms with van der Waals surface area (Å²) in [5, 5.41) is 3.27. The highest BCUT2D eigenvalue weighted by Gasteiger charge is 2.11. The number of aromatic amines is 1. The number of hydrogen-bond donors (Lipinski definition) is 1. The van der Waals surface area contributed by atoms with Crippen LogP contribution in [0.25, 0.3) is 10.8 Å². The third kappa shape index (κ3) is 2.20. The van der Waals surface area contributed by atoms with Gasteiger partial charge in [-0.05, 0) is 12.1 Å². The molecule has 0 amide bonds. The van der Waals surface area contributed by atoms with Crippen LogP contribution in [0.15, 0.2) is 33.9 Å². The van der Waals surface area contributed by atoms with Gasteiger partial charge < -0.3 is 9.47 Å². The van der Waals surface area contributed by atoms with Gasteiger partial charge in [0.1, 0.15) is 0 Å². The van der Waals surface area contributed by atoms with Crippen molar-refractivity contribution >= 4 is 10.8 Å². The largest absolute Gasteiger partial charge is 0.354 e. The number of fused-ring (bicyclic) bond motifs is 1. The van der Waals surface area contributed by atoms with Crippen molar-refractivity contribution in [1.29, 1.82) is 0 Å². The first-order valence-electron chi connectivity index (χ1n) is 5.45. The van der Waals surface area contributed by atoms with Gasteiger partial charge in [0.15, 0.2) is 6.29 Å². The van der Waals surface area contributed by atoms with Gasteiger partial charge in [-0.1, -0.05) is 12.1 Å². The van der Waals surface area contributed by atoms with Gasteiger partial charge in [0.2, 0.25) is 0 Å². The van der Waals surface area contributed by atoms with Crippen molar-refractivity contribution in [2.45, 2.75) is 12.8 Å². The van der Waals surface area contributed by atoms with E-state index in [4.69, 9.17) is 9.47 Å². The Bertz CT molecular complexity index is 655. The lowest BCUT2D eigenvalue weighted by atomic mass is 10.2. The fraction of sp³-hybridized carbons (Fsp3) is 0.333. The van der Waals surface area contributed by atoms with E-state index in [0.717, 1.165) is 0 Å². The summed E-state index contributed by atoms with van der Waals surface area (Å²) >= 11 is 0. The zero-order chi connectivity index (χ0) is 13.1. The van der Waals surface area contributed by atoms with Gasteiger partial charge >= 0.3 is 0 Å². The van der Waals surface area contributed by atoms with E-state index in [1.807, 2.05) is 0 Å². The first-order chi connectivity index (χ1) is 8.67. The lowest BCUT2D eigenvalue weighted by molar-refractivity contribution is -0.113. The molecule has 6 nitrogen and oxygen atoms in total. The van der Waals surface area contributed by atoms with Crippen LogP contribution in [0.3, 0.4) is 0 Å². The Kier molecular flexibility index (Phi) is 3.59. The molecule has 0 fully saturated rings. The third-order valence-electron chi connectivity index (χ3n) is 2.74. The summed E-state index contributed by atoms with van der Waals surface area (Å²) < 4.78 is 11.2. The molecule has 2 aromatic rings. The van der Waals surface area contributed by atoms with Crippen LogP contribution in [-0.4, -0.2) is 30.3 Å². The highest BCUT2D eigenvalue weighted by Crippen LogP contribution is 2.03. The SMILES string of the molecule is COC(Cn1[nH]c(=O)c2ccccc2c1=O)OC. The van der Waals surface area contributed by atoms with Crippen molar-refractivity contribution in [2.75, 3.05) is 14.2 Å². The molecule has 0 saturated carbocycles. The summed E-state index contributed by atoms with van der Waals surface area (Å²) in [7, 11) is 2.94. The molecular weight excluding hydrogens is 236 g/mol. The third-order valence-corrected chi connectivity index (χ3v) is 2.74. The number of hydrogen-bond acceptors (Lipinski definition) is 4. The molecule has 0 aliphatic carbocycles. The minimum Gasteiger partial charge on any atom is -0.354 e. The fourth-order valence-electron chi connectivity index (χ4n) is 1.77. The summed E-state index contributed by atoms with van der Waals surface area (Å²) in [5.41, 5.74) is -0.583. The Labute approximate surface area is 103 Å². The van der Waals surface area contributed by atoms with Crippen molar-refractivity contribution in [1.82, 2.24) is 9.78 Å². The maximum absolute atomic E-state index is 12.1. The molecule has 0 aliphatic heterocycles. The molecule has 0 saturated heterocycles. The number of rotatable bonds is 4. The molecule has 0 spiro atoms. The van der Waals surface area contributed by atoms with Crippen molar-refractivity contribution in [2.24, 2.45) is 0 Å². The molecular formula is C12H14N2O4. The van der Waals surface area contributed by atoms with Gasteiger partial charge in [-0.2, -0.15) is 0 Å². The van der Waals surface area contributed by atoms with E-state index in [1.54, 1.807) is 24.3 Å². The molecule has 1 aromatic carbocycles. The Hall–Kier alpha value is -1.92. The number of H-pyrrole nitrogens is 1. The van der Waals surface area contributed by atoms with Crippen LogP contribution in [0.4, 0.5) is 0 Å². The minimum atomic E-state index is -0.584. The number of nitrogens with one attached hydrogen (secondary N) is 1. The summed E-state index contributed by atoms with van der Waals surface area (Å²) in [5.74, 6) is 0. The summed E-state index contributed by atoms with van der Waals surface area (Å²) in [4.78, 5) is 23.9. The molecule has 0 aliphatic rings. The van der Waals surface area contributed by atoms with Gasteiger partial charge in [0.05, 0.1) is 17.3 Å². The Morgan fingerprint density at radius 3 is 2.39 bits per heavy atom. The molecule has 2 rings (SSSR count). The van der Waals surface area contributed by atoms with Gasteiger partial charge in [0, 0.05) is 14.2 Å². The standard InChI is InChI=1S/C12H14N2O4/c1-17-10(18-2)7-14-12(16)9-6-4-3-5-8(9)11(15)13-14/h3-6,10H,7H2,1-2H3,(H,13,15). The molecule has 1 N–H and O–H groups in total. The molecule has 0 radical (unpaired) electrons. The predicted octanol–water partition coefficient (Wildman–Crippen LogP) is 0.309. The lowest BCUT2D eigenvalue weighted by Gasteiger charge is -2.14. The van der Waals surface area contributed by atoms with Crippen LogP contribution in [0.2, 0.25) is 0 Å². The molecule has 96 valence electrons. The van der Waals surface area contributed by atoms with Crippen molar-refractivity contribution < 1.29 is 9.47 Å². The monoisotopic (exact) mass is 250 g/mol. The smallest absolute Gasteiger partial charge is 0.273 e. The second kappa shape index (κ2) is 5.16. The van der Waals surface area contributed by atoms with Crippen LogP contribution < -0.4 is 11.1 Å². The first-order valence-corrected chi connectivity index (χ1v) is 5.45. The number of benzene rings is 1. The van der Waals surface area contributed by atoms with Crippen LogP contribution in [0.1, 0.15) is 0 Å². The minimum absolute atomic E-state index is 0.131. The maximum atomic E-state index is 12.1. The highest BCUT2D eigenvalue weighted by molar-refractivity contribution is 5.80. The maximum Gasteiger partial charge on any atom is 0.273 e. The van der Waals surface area contributed by atoms with Gasteiger partial charge in [0.25, 0.3) is 11.1 Å². The summed E-state index contributed by atoms with van der Waals surface area (Å²) in [6, 6.07) is 6.67. The number of nitrogens with zero attached hydrogens (tertiary/aromatic N) is 1. The second-order valence-electron chi connectivity index (χ2n) is 3.80. The van der Waals surface area contributed by atoms with E-state index in [9.17, 15) is 9.59 Å². The van der Waals surface area contributed by atoms with Crippen LogP contribution >= 0.6 is 0 Å². The first kappa shape index (κ1) is 12.5. The average molecular weight is 250 g/mol. The zero-order valence-electron chi connectivity index (χ0n) is 10.2. The summed E-state index contributed by atoms with van der Waals surface area (Å²) in [6.45, 7) is 0.131. The lowest BCUT2D eigenvalue weighted by Crippen LogP contribution is -2.34. The van der Waals surface area contributed by atoms with Crippen LogP contribution in [-0.2, 0) is 16.0 Å². The van der Waals surface area contributed by atoms with Crippen LogP contribution in [0.5, 0.6) is 0 Å². The van der Waals surface area contributed by atoms with E-state index in [2.05, 4.69) is 5.10 Å². The van der Waals surface area contributed by atoms with Gasteiger partial charge in [-0.25, -0.2) is 4.68 Å². The Morgan fingerprint density at radius 1 is 1.17 bits per heavy atom. The van der Waals surface area contributed by atoms with Crippen molar-refractivity contribution in [3.63, 3.8) is 0 Å². The Morgan fingerprint density at radius 2 is 1.78 bits per heavy atom. The van der Waals surface area contributed by atoms with Crippen molar-refractivity contribution in [3.05, 3.63) is 45.0 Å². The molecule has 0 atom stereocenters. The molecule has 1 heterocycles. The molecule has 1 aromatic heterocycles. The van der Waals surface area contributed by atoms with Crippen LogP contribution in [0, 0.1) is 0 Å². The van der Waals surface area contributed by atoms with Gasteiger partial charge in [-0.3, -0.25) is 14.7 Å². The van der Waals surface area contributed by atoms with E-state index in [-0.39, 0.29) is 17.7 Å². The Balaban J connectivity index is 2.57. The van der Waals surface area contributed by atoms with E-state index in [0.29, 0.717) is 10.8 Å². The normalized spacial score (nSPS) is 11.3. The topological polar surface area (TPSA) is 73.3 Å². The van der Waals surface area contributed by atoms with Gasteiger partial charge in [-0.15, -0.1) is 0 Å². The second-order valence-corrected chi connectivity index (χ2v) is 3.80. The van der Waals surface area contributed by atoms with E-state index in [1.165, 1.54) is 18.9 Å².